The zero-order chi connectivity index (χ0) is 27.9. The molecule has 11 heteroatoms. The summed E-state index contributed by atoms with van der Waals surface area (Å²) in [4.78, 5) is 33.1. The Labute approximate surface area is 239 Å². The largest absolute Gasteiger partial charge is 0.481 e. The number of halogens is 1. The minimum atomic E-state index is -0.747. The van der Waals surface area contributed by atoms with Crippen molar-refractivity contribution in [3.8, 4) is 23.1 Å². The number of aliphatic carboxylic acids is 1. The predicted molar refractivity (Wildman–Crippen MR) is 156 cm³/mol. The van der Waals surface area contributed by atoms with Gasteiger partial charge in [0.2, 0.25) is 6.79 Å². The normalized spacial score (nSPS) is 15.0. The van der Waals surface area contributed by atoms with Gasteiger partial charge in [0.1, 0.15) is 11.6 Å². The van der Waals surface area contributed by atoms with Gasteiger partial charge in [-0.05, 0) is 60.9 Å². The van der Waals surface area contributed by atoms with Crippen molar-refractivity contribution < 1.29 is 19.4 Å². The Morgan fingerprint density at radius 2 is 1.66 bits per heavy atom. The van der Waals surface area contributed by atoms with Crippen LogP contribution in [-0.4, -0.2) is 50.9 Å². The van der Waals surface area contributed by atoms with Crippen LogP contribution in [0.2, 0.25) is 5.02 Å². The minimum Gasteiger partial charge on any atom is -0.481 e. The minimum absolute atomic E-state index is 0.218. The van der Waals surface area contributed by atoms with Crippen LogP contribution < -0.4 is 19.7 Å². The quantitative estimate of drug-likeness (QED) is 0.270. The summed E-state index contributed by atoms with van der Waals surface area (Å²) in [7, 11) is 0. The Morgan fingerprint density at radius 1 is 0.902 bits per heavy atom. The van der Waals surface area contributed by atoms with Crippen molar-refractivity contribution in [3.05, 3.63) is 71.2 Å². The molecule has 0 aliphatic carbocycles. The van der Waals surface area contributed by atoms with Gasteiger partial charge in [-0.25, -0.2) is 19.9 Å². The van der Waals surface area contributed by atoms with Gasteiger partial charge in [-0.1, -0.05) is 29.8 Å². The lowest BCUT2D eigenvalue weighted by Crippen LogP contribution is -2.37. The van der Waals surface area contributed by atoms with E-state index in [-0.39, 0.29) is 12.7 Å². The molecule has 0 saturated carbocycles. The number of aromatic nitrogens is 4. The molecule has 2 aliphatic rings. The van der Waals surface area contributed by atoms with E-state index < -0.39 is 5.97 Å². The molecule has 1 saturated heterocycles. The molecule has 10 nitrogen and oxygen atoms in total. The number of ether oxygens (including phenoxy) is 2. The van der Waals surface area contributed by atoms with Crippen LogP contribution in [0.5, 0.6) is 11.5 Å². The number of nitrogens with one attached hydrogen (secondary N) is 1. The Kier molecular flexibility index (Phi) is 6.39. The molecule has 1 fully saturated rings. The maximum atomic E-state index is 11.5. The fraction of sp³-hybridized carbons (Fsp3) is 0.233. The highest BCUT2D eigenvalue weighted by Gasteiger charge is 2.27. The lowest BCUT2D eigenvalue weighted by Gasteiger charge is -2.31. The van der Waals surface area contributed by atoms with Crippen LogP contribution in [0.1, 0.15) is 18.4 Å². The van der Waals surface area contributed by atoms with Crippen LogP contribution in [0.15, 0.2) is 60.7 Å². The summed E-state index contributed by atoms with van der Waals surface area (Å²) in [6.45, 7) is 1.89. The van der Waals surface area contributed by atoms with E-state index in [4.69, 9.17) is 41.0 Å². The maximum absolute atomic E-state index is 11.5. The number of nitrogens with zero attached hydrogens (tertiary/aromatic N) is 5. The van der Waals surface area contributed by atoms with Crippen LogP contribution in [0.3, 0.4) is 0 Å². The summed E-state index contributed by atoms with van der Waals surface area (Å²) in [6.07, 6.45) is 1.12. The van der Waals surface area contributed by atoms with Crippen LogP contribution in [0, 0.1) is 5.92 Å². The van der Waals surface area contributed by atoms with E-state index in [0.717, 1.165) is 33.4 Å². The van der Waals surface area contributed by atoms with Gasteiger partial charge in [0.25, 0.3) is 0 Å². The molecule has 0 amide bonds. The SMILES string of the molecule is O=C(O)C1CCN(c2nc(-c3nc(NCc4ccc5c(c4)OCO5)c4cc(Cl)ccc4n3)nc3ccccc23)CC1. The molecule has 2 aromatic heterocycles. The third kappa shape index (κ3) is 4.91. The molecule has 206 valence electrons. The number of carboxylic acids is 1. The molecule has 0 atom stereocenters. The number of hydrogen-bond acceptors (Lipinski definition) is 9. The highest BCUT2D eigenvalue weighted by Crippen LogP contribution is 2.34. The molecule has 0 radical (unpaired) electrons. The molecule has 2 N–H and O–H groups in total. The first kappa shape index (κ1) is 25.3. The van der Waals surface area contributed by atoms with Crippen LogP contribution >= 0.6 is 11.6 Å². The molecular weight excluding hydrogens is 544 g/mol. The molecule has 4 heterocycles. The number of para-hydroxylation sites is 1. The summed E-state index contributed by atoms with van der Waals surface area (Å²) in [5.41, 5.74) is 2.47. The molecule has 0 unspecified atom stereocenters. The first-order chi connectivity index (χ1) is 20.0. The Balaban J connectivity index is 1.28. The number of carbonyl (C=O) groups is 1. The lowest BCUT2D eigenvalue weighted by atomic mass is 9.97. The van der Waals surface area contributed by atoms with E-state index in [9.17, 15) is 9.90 Å². The first-order valence-electron chi connectivity index (χ1n) is 13.4. The molecule has 5 aromatic rings. The van der Waals surface area contributed by atoms with Gasteiger partial charge >= 0.3 is 5.97 Å². The van der Waals surface area contributed by atoms with Gasteiger partial charge in [-0.3, -0.25) is 4.79 Å². The van der Waals surface area contributed by atoms with Gasteiger partial charge in [0, 0.05) is 35.4 Å². The van der Waals surface area contributed by atoms with Crippen LogP contribution in [0.4, 0.5) is 11.6 Å². The molecule has 3 aromatic carbocycles. The van der Waals surface area contributed by atoms with Crippen molar-refractivity contribution in [2.45, 2.75) is 19.4 Å². The fourth-order valence-corrected chi connectivity index (χ4v) is 5.48. The summed E-state index contributed by atoms with van der Waals surface area (Å²) in [5, 5.41) is 15.2. The summed E-state index contributed by atoms with van der Waals surface area (Å²) in [6, 6.07) is 19.1. The van der Waals surface area contributed by atoms with E-state index >= 15 is 0 Å². The smallest absolute Gasteiger partial charge is 0.306 e. The van der Waals surface area contributed by atoms with Gasteiger partial charge in [-0.2, -0.15) is 0 Å². The topological polar surface area (TPSA) is 123 Å². The first-order valence-corrected chi connectivity index (χ1v) is 13.7. The molecule has 7 rings (SSSR count). The van der Waals surface area contributed by atoms with Crippen molar-refractivity contribution in [2.24, 2.45) is 5.92 Å². The van der Waals surface area contributed by atoms with Crippen molar-refractivity contribution >= 4 is 51.0 Å². The standard InChI is InChI=1S/C30H25ClN6O4/c31-19-6-7-23-21(14-19)26(32-15-17-5-8-24-25(13-17)41-16-40-24)35-27(34-23)28-33-22-4-2-1-3-20(22)29(36-28)37-11-9-18(10-12-37)30(38)39/h1-8,13-14,18H,9-12,15-16H2,(H,38,39)(H,32,34,35). The average molecular weight is 569 g/mol. The van der Waals surface area contributed by atoms with E-state index in [1.54, 1.807) is 6.07 Å². The summed E-state index contributed by atoms with van der Waals surface area (Å²) >= 11 is 6.35. The average Bonchev–Trinajstić information content (AvgIpc) is 3.47. The van der Waals surface area contributed by atoms with Crippen molar-refractivity contribution in [3.63, 3.8) is 0 Å². The molecule has 41 heavy (non-hydrogen) atoms. The second-order valence-electron chi connectivity index (χ2n) is 10.1. The number of carboxylic acid groups (broad SMARTS) is 1. The number of anilines is 2. The summed E-state index contributed by atoms with van der Waals surface area (Å²) in [5.74, 6) is 2.48. The Morgan fingerprint density at radius 3 is 2.49 bits per heavy atom. The van der Waals surface area contributed by atoms with Gasteiger partial charge in [0.15, 0.2) is 23.1 Å². The van der Waals surface area contributed by atoms with Crippen molar-refractivity contribution in [2.75, 3.05) is 30.1 Å². The zero-order valence-corrected chi connectivity index (χ0v) is 22.6. The number of benzene rings is 3. The van der Waals surface area contributed by atoms with E-state index in [1.165, 1.54) is 0 Å². The number of hydrogen-bond donors (Lipinski definition) is 2. The number of fused-ring (bicyclic) bond motifs is 3. The summed E-state index contributed by atoms with van der Waals surface area (Å²) < 4.78 is 11.0. The van der Waals surface area contributed by atoms with Crippen LogP contribution in [0.25, 0.3) is 33.5 Å². The second kappa shape index (κ2) is 10.4. The highest BCUT2D eigenvalue weighted by atomic mass is 35.5. The van der Waals surface area contributed by atoms with Gasteiger partial charge in [-0.15, -0.1) is 0 Å². The van der Waals surface area contributed by atoms with Gasteiger partial charge < -0.3 is 24.8 Å². The van der Waals surface area contributed by atoms with E-state index in [1.807, 2.05) is 54.6 Å². The molecular formula is C30H25ClN6O4. The maximum Gasteiger partial charge on any atom is 0.306 e. The third-order valence-corrected chi connectivity index (χ3v) is 7.72. The van der Waals surface area contributed by atoms with Crippen LogP contribution in [-0.2, 0) is 11.3 Å². The number of piperidine rings is 1. The highest BCUT2D eigenvalue weighted by molar-refractivity contribution is 6.31. The van der Waals surface area contributed by atoms with E-state index in [2.05, 4.69) is 10.2 Å². The zero-order valence-electron chi connectivity index (χ0n) is 21.9. The second-order valence-corrected chi connectivity index (χ2v) is 10.5. The Bertz CT molecular complexity index is 1810. The van der Waals surface area contributed by atoms with Gasteiger partial charge in [0.05, 0.1) is 17.0 Å². The predicted octanol–water partition coefficient (Wildman–Crippen LogP) is 5.54. The fourth-order valence-electron chi connectivity index (χ4n) is 5.31. The molecule has 2 aliphatic heterocycles. The molecule has 0 spiro atoms. The third-order valence-electron chi connectivity index (χ3n) is 7.48. The Hall–Kier alpha value is -4.70. The molecule has 0 bridgehead atoms. The number of rotatable bonds is 6. The monoisotopic (exact) mass is 568 g/mol. The van der Waals surface area contributed by atoms with Crippen molar-refractivity contribution in [1.29, 1.82) is 0 Å². The van der Waals surface area contributed by atoms with Crippen molar-refractivity contribution in [1.82, 2.24) is 19.9 Å². The van der Waals surface area contributed by atoms with E-state index in [0.29, 0.717) is 66.2 Å². The lowest BCUT2D eigenvalue weighted by molar-refractivity contribution is -0.142.